The largest absolute Gasteiger partial charge is 0.444 e. The summed E-state index contributed by atoms with van der Waals surface area (Å²) in [5.41, 5.74) is -0.905. The number of hydrogen-bond acceptors (Lipinski definition) is 4. The van der Waals surface area contributed by atoms with Crippen molar-refractivity contribution >= 4 is 33.4 Å². The van der Waals surface area contributed by atoms with Crippen LogP contribution in [0.4, 0.5) is 4.79 Å². The minimum atomic E-state index is -0.525. The molecular weight excluding hydrogens is 378 g/mol. The molecule has 0 fully saturated rings. The second-order valence-electron chi connectivity index (χ2n) is 7.52. The number of hydrogen-bond donors (Lipinski definition) is 2. The minimum Gasteiger partial charge on any atom is -0.444 e. The van der Waals surface area contributed by atoms with E-state index in [2.05, 4.69) is 41.2 Å². The van der Waals surface area contributed by atoms with E-state index in [1.165, 1.54) is 4.88 Å². The highest BCUT2D eigenvalue weighted by Crippen LogP contribution is 2.33. The monoisotopic (exact) mass is 405 g/mol. The molecule has 4 nitrogen and oxygen atoms in total. The van der Waals surface area contributed by atoms with Crippen LogP contribution in [0.15, 0.2) is 15.9 Å². The van der Waals surface area contributed by atoms with Gasteiger partial charge in [-0.1, -0.05) is 13.8 Å². The van der Waals surface area contributed by atoms with Crippen LogP contribution in [0, 0.1) is 11.3 Å². The van der Waals surface area contributed by atoms with Gasteiger partial charge in [-0.25, -0.2) is 4.79 Å². The van der Waals surface area contributed by atoms with Crippen molar-refractivity contribution < 1.29 is 14.6 Å². The fourth-order valence-electron chi connectivity index (χ4n) is 2.64. The number of aliphatic hydroxyl groups excluding tert-OH is 1. The highest BCUT2D eigenvalue weighted by atomic mass is 79.9. The van der Waals surface area contributed by atoms with Gasteiger partial charge in [-0.2, -0.15) is 0 Å². The number of aliphatic hydroxyl groups is 1. The number of alkyl carbamates (subject to hydrolysis) is 1. The van der Waals surface area contributed by atoms with Crippen LogP contribution < -0.4 is 5.32 Å². The SMILES string of the molecule is CC(C)CC(CO)(CNC(=O)OC(C)(C)C)Cc1cc(Br)cs1. The number of thiophene rings is 1. The molecule has 2 N–H and O–H groups in total. The lowest BCUT2D eigenvalue weighted by Gasteiger charge is -2.34. The molecule has 0 aliphatic carbocycles. The fraction of sp³-hybridized carbons (Fsp3) is 0.706. The molecule has 0 saturated heterocycles. The molecular formula is C17H28BrNO3S. The number of carbonyl (C=O) groups is 1. The Morgan fingerprint density at radius 3 is 2.52 bits per heavy atom. The van der Waals surface area contributed by atoms with Crippen LogP contribution in [0.3, 0.4) is 0 Å². The maximum atomic E-state index is 11.9. The minimum absolute atomic E-state index is 0.0243. The van der Waals surface area contributed by atoms with Crippen LogP contribution in [0.2, 0.25) is 0 Å². The first-order valence-corrected chi connectivity index (χ1v) is 9.53. The van der Waals surface area contributed by atoms with E-state index in [1.807, 2.05) is 26.2 Å². The molecule has 1 atom stereocenters. The lowest BCUT2D eigenvalue weighted by atomic mass is 9.77. The van der Waals surface area contributed by atoms with Gasteiger partial charge in [0.15, 0.2) is 0 Å². The third kappa shape index (κ3) is 7.68. The Balaban J connectivity index is 2.80. The zero-order chi connectivity index (χ0) is 17.7. The lowest BCUT2D eigenvalue weighted by Crippen LogP contribution is -2.44. The predicted octanol–water partition coefficient (Wildman–Crippen LogP) is 4.60. The summed E-state index contributed by atoms with van der Waals surface area (Å²) < 4.78 is 6.35. The van der Waals surface area contributed by atoms with Crippen molar-refractivity contribution in [2.75, 3.05) is 13.2 Å². The van der Waals surface area contributed by atoms with Crippen molar-refractivity contribution in [1.29, 1.82) is 0 Å². The molecule has 1 amide bonds. The molecule has 6 heteroatoms. The average molecular weight is 406 g/mol. The van der Waals surface area contributed by atoms with E-state index in [0.29, 0.717) is 12.5 Å². The fourth-order valence-corrected chi connectivity index (χ4v) is 4.26. The standard InChI is InChI=1S/C17H28BrNO3S/c1-12(2)7-17(11-20,8-14-6-13(18)9-23-14)10-19-15(21)22-16(3,4)5/h6,9,12,20H,7-8,10-11H2,1-5H3,(H,19,21). The smallest absolute Gasteiger partial charge is 0.407 e. The van der Waals surface area contributed by atoms with E-state index >= 15 is 0 Å². The number of ether oxygens (including phenoxy) is 1. The van der Waals surface area contributed by atoms with Crippen molar-refractivity contribution in [3.8, 4) is 0 Å². The molecule has 0 aliphatic rings. The van der Waals surface area contributed by atoms with Crippen LogP contribution in [-0.2, 0) is 11.2 Å². The van der Waals surface area contributed by atoms with E-state index in [1.54, 1.807) is 11.3 Å². The van der Waals surface area contributed by atoms with Crippen LogP contribution in [0.1, 0.15) is 45.9 Å². The summed E-state index contributed by atoms with van der Waals surface area (Å²) in [6, 6.07) is 2.07. The van der Waals surface area contributed by atoms with Crippen molar-refractivity contribution in [2.45, 2.75) is 53.1 Å². The van der Waals surface area contributed by atoms with Gasteiger partial charge in [0.1, 0.15) is 5.60 Å². The molecule has 132 valence electrons. The van der Waals surface area contributed by atoms with Crippen LogP contribution in [0.5, 0.6) is 0 Å². The van der Waals surface area contributed by atoms with Crippen molar-refractivity contribution in [3.63, 3.8) is 0 Å². The maximum Gasteiger partial charge on any atom is 0.407 e. The molecule has 1 aromatic heterocycles. The Morgan fingerprint density at radius 2 is 2.09 bits per heavy atom. The number of halogens is 1. The van der Waals surface area contributed by atoms with Gasteiger partial charge in [0, 0.05) is 26.7 Å². The molecule has 1 unspecified atom stereocenters. The van der Waals surface area contributed by atoms with E-state index in [4.69, 9.17) is 4.74 Å². The maximum absolute atomic E-state index is 11.9. The zero-order valence-electron chi connectivity index (χ0n) is 14.6. The normalized spacial score (nSPS) is 14.6. The second-order valence-corrected chi connectivity index (χ2v) is 9.43. The van der Waals surface area contributed by atoms with Crippen LogP contribution in [-0.4, -0.2) is 30.0 Å². The predicted molar refractivity (Wildman–Crippen MR) is 98.9 cm³/mol. The zero-order valence-corrected chi connectivity index (χ0v) is 17.0. The van der Waals surface area contributed by atoms with Gasteiger partial charge in [-0.15, -0.1) is 11.3 Å². The summed E-state index contributed by atoms with van der Waals surface area (Å²) in [7, 11) is 0. The van der Waals surface area contributed by atoms with E-state index in [9.17, 15) is 9.90 Å². The quantitative estimate of drug-likeness (QED) is 0.696. The Kier molecular flexibility index (Phi) is 7.55. The average Bonchev–Trinajstić information content (AvgIpc) is 2.78. The summed E-state index contributed by atoms with van der Waals surface area (Å²) in [5, 5.41) is 14.9. The highest BCUT2D eigenvalue weighted by Gasteiger charge is 2.32. The Bertz CT molecular complexity index is 510. The summed E-state index contributed by atoms with van der Waals surface area (Å²) in [6.07, 6.45) is 1.12. The van der Waals surface area contributed by atoms with Crippen LogP contribution >= 0.6 is 27.3 Å². The van der Waals surface area contributed by atoms with E-state index in [-0.39, 0.29) is 12.0 Å². The number of nitrogens with one attached hydrogen (secondary N) is 1. The Hall–Kier alpha value is -0.590. The van der Waals surface area contributed by atoms with Crippen LogP contribution in [0.25, 0.3) is 0 Å². The van der Waals surface area contributed by atoms with Gasteiger partial charge >= 0.3 is 6.09 Å². The first kappa shape index (κ1) is 20.5. The molecule has 1 aromatic rings. The third-order valence-electron chi connectivity index (χ3n) is 3.35. The summed E-state index contributed by atoms with van der Waals surface area (Å²) in [5.74, 6) is 0.422. The Morgan fingerprint density at radius 1 is 1.43 bits per heavy atom. The molecule has 0 saturated carbocycles. The lowest BCUT2D eigenvalue weighted by molar-refractivity contribution is 0.0441. The molecule has 0 radical (unpaired) electrons. The van der Waals surface area contributed by atoms with E-state index in [0.717, 1.165) is 17.3 Å². The third-order valence-corrected chi connectivity index (χ3v) is 5.05. The molecule has 0 aliphatic heterocycles. The van der Waals surface area contributed by atoms with Gasteiger partial charge < -0.3 is 15.2 Å². The number of amides is 1. The van der Waals surface area contributed by atoms with Crippen molar-refractivity contribution in [3.05, 3.63) is 20.8 Å². The van der Waals surface area contributed by atoms with Gasteiger partial charge in [0.2, 0.25) is 0 Å². The van der Waals surface area contributed by atoms with Gasteiger partial charge in [-0.3, -0.25) is 0 Å². The van der Waals surface area contributed by atoms with Crippen molar-refractivity contribution in [1.82, 2.24) is 5.32 Å². The summed E-state index contributed by atoms with van der Waals surface area (Å²) in [6.45, 7) is 10.2. The first-order valence-electron chi connectivity index (χ1n) is 7.86. The van der Waals surface area contributed by atoms with Gasteiger partial charge in [0.25, 0.3) is 0 Å². The van der Waals surface area contributed by atoms with Gasteiger partial charge in [-0.05, 0) is 61.5 Å². The van der Waals surface area contributed by atoms with E-state index < -0.39 is 11.7 Å². The Labute approximate surface area is 151 Å². The molecule has 0 spiro atoms. The number of rotatable bonds is 7. The van der Waals surface area contributed by atoms with Crippen molar-refractivity contribution in [2.24, 2.45) is 11.3 Å². The summed E-state index contributed by atoms with van der Waals surface area (Å²) in [4.78, 5) is 13.1. The van der Waals surface area contributed by atoms with Gasteiger partial charge in [0.05, 0.1) is 6.61 Å². The summed E-state index contributed by atoms with van der Waals surface area (Å²) >= 11 is 5.13. The molecule has 0 bridgehead atoms. The number of carbonyl (C=O) groups excluding carboxylic acids is 1. The molecule has 1 rings (SSSR count). The molecule has 1 heterocycles. The highest BCUT2D eigenvalue weighted by molar-refractivity contribution is 9.10. The first-order chi connectivity index (χ1) is 10.6. The topological polar surface area (TPSA) is 58.6 Å². The second kappa shape index (κ2) is 8.49. The molecule has 0 aromatic carbocycles. The molecule has 23 heavy (non-hydrogen) atoms.